The molecular weight excluding hydrogens is 380 g/mol. The van der Waals surface area contributed by atoms with E-state index in [-0.39, 0.29) is 16.0 Å². The fourth-order valence-electron chi connectivity index (χ4n) is 3.04. The molecule has 1 N–H and O–H groups in total. The maximum absolute atomic E-state index is 12.4. The zero-order valence-corrected chi connectivity index (χ0v) is 15.8. The van der Waals surface area contributed by atoms with Gasteiger partial charge < -0.3 is 4.90 Å². The van der Waals surface area contributed by atoms with Crippen molar-refractivity contribution in [1.82, 2.24) is 4.90 Å². The first kappa shape index (κ1) is 16.9. The number of carbonyl (C=O) groups excluding carboxylic acids is 1. The molecule has 1 aromatic heterocycles. The number of sulfonamides is 1. The summed E-state index contributed by atoms with van der Waals surface area (Å²) in [5, 5.41) is 0. The average Bonchev–Trinajstić information content (AvgIpc) is 3.33. The SMILES string of the molecule is O=C(C1CC1)N1CCc2ccc(NS(=O)(=O)c3ccc(Cl)s3)cc2C1. The van der Waals surface area contributed by atoms with Crippen molar-refractivity contribution in [2.75, 3.05) is 11.3 Å². The van der Waals surface area contributed by atoms with E-state index in [0.29, 0.717) is 16.6 Å². The van der Waals surface area contributed by atoms with Gasteiger partial charge in [0.25, 0.3) is 10.0 Å². The van der Waals surface area contributed by atoms with Crippen molar-refractivity contribution in [2.24, 2.45) is 5.92 Å². The summed E-state index contributed by atoms with van der Waals surface area (Å²) in [6.45, 7) is 1.28. The number of thiophene rings is 1. The third-order valence-electron chi connectivity index (χ3n) is 4.52. The molecule has 2 heterocycles. The summed E-state index contributed by atoms with van der Waals surface area (Å²) < 4.78 is 28.1. The summed E-state index contributed by atoms with van der Waals surface area (Å²) in [5.41, 5.74) is 2.68. The van der Waals surface area contributed by atoms with E-state index in [4.69, 9.17) is 11.6 Å². The van der Waals surface area contributed by atoms with Gasteiger partial charge in [-0.05, 0) is 54.7 Å². The monoisotopic (exact) mass is 396 g/mol. The average molecular weight is 397 g/mol. The molecule has 2 aliphatic rings. The van der Waals surface area contributed by atoms with Gasteiger partial charge in [0, 0.05) is 24.7 Å². The van der Waals surface area contributed by atoms with Crippen LogP contribution in [0.4, 0.5) is 5.69 Å². The van der Waals surface area contributed by atoms with Gasteiger partial charge in [-0.2, -0.15) is 0 Å². The van der Waals surface area contributed by atoms with Crippen molar-refractivity contribution in [2.45, 2.75) is 30.0 Å². The van der Waals surface area contributed by atoms with Gasteiger partial charge in [0.05, 0.1) is 4.34 Å². The lowest BCUT2D eigenvalue weighted by atomic mass is 9.99. The number of rotatable bonds is 4. The van der Waals surface area contributed by atoms with Gasteiger partial charge in [0.1, 0.15) is 4.21 Å². The quantitative estimate of drug-likeness (QED) is 0.860. The Balaban J connectivity index is 1.54. The highest BCUT2D eigenvalue weighted by Crippen LogP contribution is 2.33. The van der Waals surface area contributed by atoms with Crippen LogP contribution >= 0.6 is 22.9 Å². The number of anilines is 1. The maximum atomic E-state index is 12.4. The van der Waals surface area contributed by atoms with Crippen molar-refractivity contribution in [3.05, 3.63) is 45.8 Å². The van der Waals surface area contributed by atoms with E-state index in [1.54, 1.807) is 12.1 Å². The lowest BCUT2D eigenvalue weighted by Gasteiger charge is -2.29. The number of nitrogens with zero attached hydrogens (tertiary/aromatic N) is 1. The highest BCUT2D eigenvalue weighted by atomic mass is 35.5. The zero-order chi connectivity index (χ0) is 17.6. The standard InChI is InChI=1S/C17H17ClN2O3S2/c18-15-5-6-16(24-15)25(22,23)19-14-4-3-11-7-8-20(10-13(11)9-14)17(21)12-1-2-12/h3-6,9,12,19H,1-2,7-8,10H2. The van der Waals surface area contributed by atoms with Gasteiger partial charge in [-0.1, -0.05) is 17.7 Å². The normalized spacial score (nSPS) is 17.2. The van der Waals surface area contributed by atoms with Crippen LogP contribution in [0.3, 0.4) is 0 Å². The minimum absolute atomic E-state index is 0.181. The van der Waals surface area contributed by atoms with Gasteiger partial charge in [-0.3, -0.25) is 9.52 Å². The number of halogens is 1. The molecule has 5 nitrogen and oxygen atoms in total. The third-order valence-corrected chi connectivity index (χ3v) is 7.63. The molecule has 0 bridgehead atoms. The van der Waals surface area contributed by atoms with E-state index < -0.39 is 10.0 Å². The van der Waals surface area contributed by atoms with Gasteiger partial charge in [-0.15, -0.1) is 11.3 Å². The number of carbonyl (C=O) groups is 1. The van der Waals surface area contributed by atoms with Gasteiger partial charge in [0.2, 0.25) is 5.91 Å². The first-order chi connectivity index (χ1) is 11.9. The molecule has 0 saturated heterocycles. The fourth-order valence-corrected chi connectivity index (χ4v) is 5.58. The Labute approximate surface area is 155 Å². The summed E-state index contributed by atoms with van der Waals surface area (Å²) in [6, 6.07) is 8.59. The lowest BCUT2D eigenvalue weighted by molar-refractivity contribution is -0.133. The van der Waals surface area contributed by atoms with E-state index >= 15 is 0 Å². The molecule has 4 rings (SSSR count). The second-order valence-corrected chi connectivity index (χ2v) is 10.1. The van der Waals surface area contributed by atoms with Crippen molar-refractivity contribution < 1.29 is 13.2 Å². The van der Waals surface area contributed by atoms with E-state index in [1.165, 1.54) is 11.6 Å². The van der Waals surface area contributed by atoms with Crippen molar-refractivity contribution in [3.63, 3.8) is 0 Å². The van der Waals surface area contributed by atoms with Crippen LogP contribution in [0.2, 0.25) is 4.34 Å². The molecule has 0 atom stereocenters. The first-order valence-electron chi connectivity index (χ1n) is 8.11. The maximum Gasteiger partial charge on any atom is 0.271 e. The van der Waals surface area contributed by atoms with Gasteiger partial charge >= 0.3 is 0 Å². The molecule has 2 aromatic rings. The Bertz CT molecular complexity index is 935. The third kappa shape index (κ3) is 3.54. The van der Waals surface area contributed by atoms with Crippen molar-refractivity contribution in [3.8, 4) is 0 Å². The van der Waals surface area contributed by atoms with E-state index in [0.717, 1.165) is 42.7 Å². The predicted molar refractivity (Wildman–Crippen MR) is 98.4 cm³/mol. The summed E-state index contributed by atoms with van der Waals surface area (Å²) in [4.78, 5) is 14.2. The van der Waals surface area contributed by atoms with E-state index in [1.807, 2.05) is 17.0 Å². The second-order valence-electron chi connectivity index (χ2n) is 6.43. The van der Waals surface area contributed by atoms with Crippen LogP contribution in [-0.2, 0) is 27.8 Å². The number of hydrogen-bond acceptors (Lipinski definition) is 4. The highest BCUT2D eigenvalue weighted by molar-refractivity contribution is 7.94. The van der Waals surface area contributed by atoms with Crippen LogP contribution in [0.15, 0.2) is 34.5 Å². The molecule has 1 fully saturated rings. The Kier molecular flexibility index (Phi) is 4.25. The summed E-state index contributed by atoms with van der Waals surface area (Å²) in [6.07, 6.45) is 2.79. The smallest absolute Gasteiger partial charge is 0.271 e. The number of amides is 1. The molecular formula is C17H17ClN2O3S2. The molecule has 0 radical (unpaired) electrons. The minimum atomic E-state index is -3.65. The number of benzene rings is 1. The van der Waals surface area contributed by atoms with Crippen LogP contribution in [0.1, 0.15) is 24.0 Å². The van der Waals surface area contributed by atoms with Gasteiger partial charge in [-0.25, -0.2) is 8.42 Å². The topological polar surface area (TPSA) is 66.5 Å². The van der Waals surface area contributed by atoms with Crippen LogP contribution in [0.25, 0.3) is 0 Å². The molecule has 1 amide bonds. The van der Waals surface area contributed by atoms with Gasteiger partial charge in [0.15, 0.2) is 0 Å². The number of nitrogens with one attached hydrogen (secondary N) is 1. The largest absolute Gasteiger partial charge is 0.338 e. The predicted octanol–water partition coefficient (Wildman–Crippen LogP) is 3.50. The zero-order valence-electron chi connectivity index (χ0n) is 13.4. The number of fused-ring (bicyclic) bond motifs is 1. The molecule has 1 saturated carbocycles. The lowest BCUT2D eigenvalue weighted by Crippen LogP contribution is -2.36. The molecule has 0 unspecified atom stereocenters. The van der Waals surface area contributed by atoms with Crippen LogP contribution < -0.4 is 4.72 Å². The Morgan fingerprint density at radius 3 is 2.68 bits per heavy atom. The fraction of sp³-hybridized carbons (Fsp3) is 0.353. The summed E-state index contributed by atoms with van der Waals surface area (Å²) in [7, 11) is -3.65. The second kappa shape index (κ2) is 6.30. The molecule has 25 heavy (non-hydrogen) atoms. The highest BCUT2D eigenvalue weighted by Gasteiger charge is 2.34. The van der Waals surface area contributed by atoms with Crippen molar-refractivity contribution in [1.29, 1.82) is 0 Å². The summed E-state index contributed by atoms with van der Waals surface area (Å²) in [5.74, 6) is 0.427. The molecule has 1 aliphatic heterocycles. The molecule has 8 heteroatoms. The molecule has 1 aliphatic carbocycles. The Morgan fingerprint density at radius 1 is 1.20 bits per heavy atom. The van der Waals surface area contributed by atoms with Crippen LogP contribution in [0, 0.1) is 5.92 Å². The first-order valence-corrected chi connectivity index (χ1v) is 10.8. The van der Waals surface area contributed by atoms with E-state index in [9.17, 15) is 13.2 Å². The molecule has 132 valence electrons. The Hall–Kier alpha value is -1.57. The minimum Gasteiger partial charge on any atom is -0.338 e. The van der Waals surface area contributed by atoms with E-state index in [2.05, 4.69) is 4.72 Å². The summed E-state index contributed by atoms with van der Waals surface area (Å²) >= 11 is 6.85. The molecule has 1 aromatic carbocycles. The molecule has 0 spiro atoms. The van der Waals surface area contributed by atoms with Crippen molar-refractivity contribution >= 4 is 44.6 Å². The number of hydrogen-bond donors (Lipinski definition) is 1. The van der Waals surface area contributed by atoms with Crippen LogP contribution in [-0.4, -0.2) is 25.8 Å². The van der Waals surface area contributed by atoms with Crippen LogP contribution in [0.5, 0.6) is 0 Å². The Morgan fingerprint density at radius 2 is 2.00 bits per heavy atom.